The normalized spacial score (nSPS) is 26.9. The van der Waals surface area contributed by atoms with Crippen LogP contribution < -0.4 is 16.4 Å². The van der Waals surface area contributed by atoms with E-state index in [-0.39, 0.29) is 30.1 Å². The Labute approximate surface area is 115 Å². The Morgan fingerprint density at radius 1 is 1.39 bits per heavy atom. The molecule has 0 heterocycles. The van der Waals surface area contributed by atoms with E-state index in [0.29, 0.717) is 13.0 Å². The van der Waals surface area contributed by atoms with Gasteiger partial charge in [-0.3, -0.25) is 9.59 Å². The standard InChI is InChI=1S/C12H23N3O2.ClH/c1-12(13)7-4-3-5-9(12)11(17)15-8-6-10(16)14-2;/h9H,3-8,13H2,1-2H3,(H,14,16)(H,15,17);1H. The van der Waals surface area contributed by atoms with Crippen LogP contribution in [0, 0.1) is 5.92 Å². The van der Waals surface area contributed by atoms with E-state index in [0.717, 1.165) is 25.7 Å². The Morgan fingerprint density at radius 3 is 2.61 bits per heavy atom. The van der Waals surface area contributed by atoms with Gasteiger partial charge in [0.25, 0.3) is 0 Å². The van der Waals surface area contributed by atoms with Gasteiger partial charge in [-0.1, -0.05) is 12.8 Å². The lowest BCUT2D eigenvalue weighted by molar-refractivity contribution is -0.128. The van der Waals surface area contributed by atoms with Gasteiger partial charge in [-0.05, 0) is 19.8 Å². The number of hydrogen-bond donors (Lipinski definition) is 3. The molecule has 1 aliphatic rings. The first-order valence-corrected chi connectivity index (χ1v) is 6.24. The average molecular weight is 278 g/mol. The topological polar surface area (TPSA) is 84.2 Å². The average Bonchev–Trinajstić information content (AvgIpc) is 2.27. The van der Waals surface area contributed by atoms with Crippen molar-refractivity contribution in [3.8, 4) is 0 Å². The minimum absolute atomic E-state index is 0. The molecular formula is C12H24ClN3O2. The van der Waals surface area contributed by atoms with Crippen molar-refractivity contribution in [1.29, 1.82) is 0 Å². The van der Waals surface area contributed by atoms with Crippen LogP contribution in [0.2, 0.25) is 0 Å². The molecule has 1 fully saturated rings. The lowest BCUT2D eigenvalue weighted by Crippen LogP contribution is -2.53. The lowest BCUT2D eigenvalue weighted by atomic mass is 9.74. The molecular weight excluding hydrogens is 254 g/mol. The third-order valence-electron chi connectivity index (χ3n) is 3.50. The van der Waals surface area contributed by atoms with E-state index in [4.69, 9.17) is 5.73 Å². The van der Waals surface area contributed by atoms with Gasteiger partial charge >= 0.3 is 0 Å². The molecule has 0 aliphatic heterocycles. The molecule has 4 N–H and O–H groups in total. The zero-order valence-electron chi connectivity index (χ0n) is 11.1. The van der Waals surface area contributed by atoms with Crippen molar-refractivity contribution >= 4 is 24.2 Å². The number of amides is 2. The van der Waals surface area contributed by atoms with E-state index in [9.17, 15) is 9.59 Å². The summed E-state index contributed by atoms with van der Waals surface area (Å²) in [6.45, 7) is 2.32. The molecule has 0 spiro atoms. The van der Waals surface area contributed by atoms with Crippen molar-refractivity contribution in [2.75, 3.05) is 13.6 Å². The monoisotopic (exact) mass is 277 g/mol. The minimum Gasteiger partial charge on any atom is -0.359 e. The second-order valence-electron chi connectivity index (χ2n) is 5.02. The van der Waals surface area contributed by atoms with Crippen LogP contribution in [0.4, 0.5) is 0 Å². The van der Waals surface area contributed by atoms with Gasteiger partial charge in [0, 0.05) is 25.6 Å². The summed E-state index contributed by atoms with van der Waals surface area (Å²) in [5.41, 5.74) is 5.73. The quantitative estimate of drug-likeness (QED) is 0.702. The molecule has 0 radical (unpaired) electrons. The Hall–Kier alpha value is -0.810. The van der Waals surface area contributed by atoms with Crippen molar-refractivity contribution in [3.05, 3.63) is 0 Å². The predicted octanol–water partition coefficient (Wildman–Crippen LogP) is 0.568. The van der Waals surface area contributed by atoms with Gasteiger partial charge in [0.05, 0.1) is 5.92 Å². The van der Waals surface area contributed by atoms with Crippen LogP contribution in [0.15, 0.2) is 0 Å². The zero-order valence-corrected chi connectivity index (χ0v) is 11.9. The minimum atomic E-state index is -0.407. The molecule has 5 nitrogen and oxygen atoms in total. The molecule has 106 valence electrons. The van der Waals surface area contributed by atoms with E-state index in [1.54, 1.807) is 7.05 Å². The van der Waals surface area contributed by atoms with Crippen molar-refractivity contribution in [2.45, 2.75) is 44.6 Å². The van der Waals surface area contributed by atoms with Gasteiger partial charge in [0.2, 0.25) is 11.8 Å². The number of rotatable bonds is 4. The Balaban J connectivity index is 0.00000289. The first kappa shape index (κ1) is 17.2. The number of nitrogens with two attached hydrogens (primary N) is 1. The number of nitrogens with one attached hydrogen (secondary N) is 2. The van der Waals surface area contributed by atoms with E-state index in [1.807, 2.05) is 6.92 Å². The fourth-order valence-electron chi connectivity index (χ4n) is 2.34. The molecule has 6 heteroatoms. The highest BCUT2D eigenvalue weighted by Gasteiger charge is 2.37. The SMILES string of the molecule is CNC(=O)CCNC(=O)C1CCCCC1(C)N.Cl. The smallest absolute Gasteiger partial charge is 0.224 e. The highest BCUT2D eigenvalue weighted by molar-refractivity contribution is 5.85. The Morgan fingerprint density at radius 2 is 2.06 bits per heavy atom. The maximum atomic E-state index is 12.0. The summed E-state index contributed by atoms with van der Waals surface area (Å²) in [5, 5.41) is 5.31. The first-order chi connectivity index (χ1) is 7.97. The molecule has 0 bridgehead atoms. The first-order valence-electron chi connectivity index (χ1n) is 6.24. The van der Waals surface area contributed by atoms with E-state index in [2.05, 4.69) is 10.6 Å². The second kappa shape index (κ2) is 7.59. The van der Waals surface area contributed by atoms with Gasteiger partial charge in [-0.15, -0.1) is 12.4 Å². The molecule has 1 saturated carbocycles. The fourth-order valence-corrected chi connectivity index (χ4v) is 2.34. The third kappa shape index (κ3) is 4.82. The predicted molar refractivity (Wildman–Crippen MR) is 73.5 cm³/mol. The number of carbonyl (C=O) groups is 2. The van der Waals surface area contributed by atoms with Gasteiger partial charge in [-0.2, -0.15) is 0 Å². The summed E-state index contributed by atoms with van der Waals surface area (Å²) in [6, 6.07) is 0. The Bertz CT molecular complexity index is 295. The zero-order chi connectivity index (χ0) is 12.9. The van der Waals surface area contributed by atoms with Crippen molar-refractivity contribution in [3.63, 3.8) is 0 Å². The third-order valence-corrected chi connectivity index (χ3v) is 3.50. The fraction of sp³-hybridized carbons (Fsp3) is 0.833. The summed E-state index contributed by atoms with van der Waals surface area (Å²) in [6.07, 6.45) is 4.20. The summed E-state index contributed by atoms with van der Waals surface area (Å²) >= 11 is 0. The number of hydrogen-bond acceptors (Lipinski definition) is 3. The van der Waals surface area contributed by atoms with Gasteiger partial charge in [0.15, 0.2) is 0 Å². The maximum Gasteiger partial charge on any atom is 0.224 e. The highest BCUT2D eigenvalue weighted by Crippen LogP contribution is 2.31. The summed E-state index contributed by atoms with van der Waals surface area (Å²) < 4.78 is 0. The lowest BCUT2D eigenvalue weighted by Gasteiger charge is -2.37. The molecule has 0 saturated heterocycles. The summed E-state index contributed by atoms with van der Waals surface area (Å²) in [5.74, 6) is -0.205. The van der Waals surface area contributed by atoms with Crippen molar-refractivity contribution in [2.24, 2.45) is 11.7 Å². The second-order valence-corrected chi connectivity index (χ2v) is 5.02. The number of carbonyl (C=O) groups excluding carboxylic acids is 2. The molecule has 0 aromatic rings. The molecule has 0 aromatic heterocycles. The maximum absolute atomic E-state index is 12.0. The van der Waals surface area contributed by atoms with Crippen LogP contribution in [0.3, 0.4) is 0 Å². The summed E-state index contributed by atoms with van der Waals surface area (Å²) in [4.78, 5) is 23.0. The molecule has 1 aliphatic carbocycles. The van der Waals surface area contributed by atoms with Crippen LogP contribution in [-0.2, 0) is 9.59 Å². The van der Waals surface area contributed by atoms with Crippen molar-refractivity contribution in [1.82, 2.24) is 10.6 Å². The molecule has 0 aromatic carbocycles. The number of halogens is 1. The molecule has 2 atom stereocenters. The van der Waals surface area contributed by atoms with Crippen LogP contribution in [0.1, 0.15) is 39.0 Å². The van der Waals surface area contributed by atoms with Gasteiger partial charge in [0.1, 0.15) is 0 Å². The van der Waals surface area contributed by atoms with E-state index < -0.39 is 5.54 Å². The molecule has 2 unspecified atom stereocenters. The largest absolute Gasteiger partial charge is 0.359 e. The van der Waals surface area contributed by atoms with Crippen LogP contribution in [-0.4, -0.2) is 30.9 Å². The van der Waals surface area contributed by atoms with Crippen LogP contribution in [0.25, 0.3) is 0 Å². The Kier molecular flexibility index (Phi) is 7.25. The summed E-state index contributed by atoms with van der Waals surface area (Å²) in [7, 11) is 1.59. The van der Waals surface area contributed by atoms with Gasteiger partial charge < -0.3 is 16.4 Å². The van der Waals surface area contributed by atoms with E-state index >= 15 is 0 Å². The molecule has 2 amide bonds. The molecule has 18 heavy (non-hydrogen) atoms. The molecule has 1 rings (SSSR count). The van der Waals surface area contributed by atoms with Crippen LogP contribution >= 0.6 is 12.4 Å². The van der Waals surface area contributed by atoms with Gasteiger partial charge in [-0.25, -0.2) is 0 Å². The van der Waals surface area contributed by atoms with Crippen LogP contribution in [0.5, 0.6) is 0 Å². The highest BCUT2D eigenvalue weighted by atomic mass is 35.5. The van der Waals surface area contributed by atoms with E-state index in [1.165, 1.54) is 0 Å². The van der Waals surface area contributed by atoms with Crippen molar-refractivity contribution < 1.29 is 9.59 Å².